The minimum absolute atomic E-state index is 0. The fourth-order valence-corrected chi connectivity index (χ4v) is 10.8. The number of fused-ring (bicyclic) bond motifs is 7. The molecule has 0 amide bonds. The SMILES string of the molecule is C.C=C1C=CC2(C)C(=C1)CCC1C2C(C)CC2(C)C1CC1CC(CCC)CC12C(=C)CCNC.CC.CC. The third kappa shape index (κ3) is 4.97. The van der Waals surface area contributed by atoms with Crippen molar-refractivity contribution in [1.82, 2.24) is 5.32 Å². The molecule has 0 bridgehead atoms. The van der Waals surface area contributed by atoms with E-state index in [4.69, 9.17) is 6.58 Å². The minimum atomic E-state index is 0. The molecule has 5 aliphatic rings. The Bertz CT molecular complexity index is 877. The number of hydrogen-bond acceptors (Lipinski definition) is 1. The van der Waals surface area contributed by atoms with Crippen LogP contribution in [-0.4, -0.2) is 13.6 Å². The van der Waals surface area contributed by atoms with Crippen molar-refractivity contribution in [2.75, 3.05) is 13.6 Å². The molecule has 0 radical (unpaired) electrons. The molecule has 4 fully saturated rings. The van der Waals surface area contributed by atoms with Crippen LogP contribution in [0.4, 0.5) is 0 Å². The highest BCUT2D eigenvalue weighted by Crippen LogP contribution is 2.78. The van der Waals surface area contributed by atoms with Crippen molar-refractivity contribution in [2.45, 2.75) is 121 Å². The van der Waals surface area contributed by atoms with Crippen molar-refractivity contribution in [1.29, 1.82) is 0 Å². The zero-order valence-corrected chi connectivity index (χ0v) is 26.2. The van der Waals surface area contributed by atoms with Crippen LogP contribution in [0.1, 0.15) is 121 Å². The Morgan fingerprint density at radius 1 is 1.11 bits per heavy atom. The molecule has 9 atom stereocenters. The maximum Gasteiger partial charge on any atom is 0.0103 e. The second kappa shape index (κ2) is 13.1. The topological polar surface area (TPSA) is 12.0 Å². The Morgan fingerprint density at radius 2 is 1.79 bits per heavy atom. The van der Waals surface area contributed by atoms with Crippen LogP contribution in [0.15, 0.2) is 48.1 Å². The van der Waals surface area contributed by atoms with Gasteiger partial charge in [0.25, 0.3) is 0 Å². The highest BCUT2D eigenvalue weighted by molar-refractivity contribution is 5.44. The van der Waals surface area contributed by atoms with Crippen LogP contribution >= 0.6 is 0 Å². The second-order valence-corrected chi connectivity index (χ2v) is 13.2. The smallest absolute Gasteiger partial charge is 0.0103 e. The lowest BCUT2D eigenvalue weighted by Crippen LogP contribution is -2.55. The molecule has 0 aromatic carbocycles. The predicted molar refractivity (Wildman–Crippen MR) is 171 cm³/mol. The summed E-state index contributed by atoms with van der Waals surface area (Å²) < 4.78 is 0. The minimum Gasteiger partial charge on any atom is -0.319 e. The number of nitrogens with one attached hydrogen (secondary N) is 1. The van der Waals surface area contributed by atoms with E-state index in [2.05, 4.69) is 64.9 Å². The molecule has 5 aliphatic carbocycles. The summed E-state index contributed by atoms with van der Waals surface area (Å²) in [5.74, 6) is 5.07. The van der Waals surface area contributed by atoms with Gasteiger partial charge in [-0.25, -0.2) is 0 Å². The van der Waals surface area contributed by atoms with Crippen molar-refractivity contribution < 1.29 is 0 Å². The highest BCUT2D eigenvalue weighted by atomic mass is 14.8. The summed E-state index contributed by atoms with van der Waals surface area (Å²) in [7, 11) is 2.10. The van der Waals surface area contributed by atoms with E-state index in [1.165, 1.54) is 56.9 Å². The fraction of sp³-hybridized carbons (Fsp3) is 0.784. The van der Waals surface area contributed by atoms with E-state index in [0.717, 1.165) is 48.5 Å². The van der Waals surface area contributed by atoms with Crippen molar-refractivity contribution in [3.8, 4) is 0 Å². The van der Waals surface area contributed by atoms with Crippen molar-refractivity contribution in [3.63, 3.8) is 0 Å². The lowest BCUT2D eigenvalue weighted by Gasteiger charge is -2.62. The lowest BCUT2D eigenvalue weighted by atomic mass is 9.42. The molecular formula is C37H65N. The molecule has 0 heterocycles. The molecule has 0 aliphatic heterocycles. The standard InChI is InChI=1S/C32H49N.2C2H6.CH4/c1-8-9-24-17-26-18-28-27-11-10-25-16-21(2)12-14-30(25,5)29(27)22(3)19-31(28,6)32(26,20-24)23(4)13-15-33-7;2*1-2;/h12,14,16,22,24,26-29,33H,2,4,8-11,13,15,17-20H2,1,3,5-7H3;2*1-2H3;1H4. The molecule has 9 unspecified atom stereocenters. The van der Waals surface area contributed by atoms with E-state index in [0.29, 0.717) is 10.8 Å². The van der Waals surface area contributed by atoms with Gasteiger partial charge >= 0.3 is 0 Å². The fourth-order valence-electron chi connectivity index (χ4n) is 10.8. The molecule has 1 heteroatoms. The molecule has 1 nitrogen and oxygen atoms in total. The van der Waals surface area contributed by atoms with Crippen LogP contribution in [0.2, 0.25) is 0 Å². The molecule has 5 rings (SSSR count). The number of allylic oxidation sites excluding steroid dienone is 5. The molecule has 0 aromatic rings. The van der Waals surface area contributed by atoms with E-state index < -0.39 is 0 Å². The second-order valence-electron chi connectivity index (χ2n) is 13.2. The van der Waals surface area contributed by atoms with Gasteiger partial charge in [-0.15, -0.1) is 0 Å². The number of hydrogen-bond donors (Lipinski definition) is 1. The average Bonchev–Trinajstić information content (AvgIpc) is 3.37. The zero-order valence-electron chi connectivity index (χ0n) is 26.2. The molecule has 1 N–H and O–H groups in total. The number of rotatable bonds is 6. The third-order valence-electron chi connectivity index (χ3n) is 11.8. The summed E-state index contributed by atoms with van der Waals surface area (Å²) in [4.78, 5) is 0. The van der Waals surface area contributed by atoms with E-state index in [1.54, 1.807) is 11.1 Å². The van der Waals surface area contributed by atoms with Crippen LogP contribution in [0, 0.1) is 51.8 Å². The first kappa shape index (κ1) is 33.1. The summed E-state index contributed by atoms with van der Waals surface area (Å²) in [5.41, 5.74) is 5.51. The zero-order chi connectivity index (χ0) is 27.6. The van der Waals surface area contributed by atoms with Gasteiger partial charge in [-0.3, -0.25) is 0 Å². The quantitative estimate of drug-likeness (QED) is 0.341. The molecule has 0 saturated heterocycles. The largest absolute Gasteiger partial charge is 0.319 e. The molecule has 218 valence electrons. The van der Waals surface area contributed by atoms with Crippen molar-refractivity contribution in [3.05, 3.63) is 48.1 Å². The summed E-state index contributed by atoms with van der Waals surface area (Å²) in [6.07, 6.45) is 19.6. The van der Waals surface area contributed by atoms with Crippen molar-refractivity contribution >= 4 is 0 Å². The molecule has 4 saturated carbocycles. The Kier molecular flexibility index (Phi) is 11.4. The van der Waals surface area contributed by atoms with Gasteiger partial charge in [0.05, 0.1) is 0 Å². The summed E-state index contributed by atoms with van der Waals surface area (Å²) >= 11 is 0. The summed E-state index contributed by atoms with van der Waals surface area (Å²) in [5, 5.41) is 3.43. The summed E-state index contributed by atoms with van der Waals surface area (Å²) in [6.45, 7) is 28.5. The van der Waals surface area contributed by atoms with Crippen LogP contribution in [0.5, 0.6) is 0 Å². The van der Waals surface area contributed by atoms with E-state index in [-0.39, 0.29) is 12.8 Å². The normalized spacial score (nSPS) is 42.0. The van der Waals surface area contributed by atoms with Crippen LogP contribution in [0.3, 0.4) is 0 Å². The monoisotopic (exact) mass is 524 g/mol. The molecule has 38 heavy (non-hydrogen) atoms. The first-order valence-electron chi connectivity index (χ1n) is 16.1. The van der Waals surface area contributed by atoms with Gasteiger partial charge in [-0.2, -0.15) is 0 Å². The third-order valence-corrected chi connectivity index (χ3v) is 11.8. The summed E-state index contributed by atoms with van der Waals surface area (Å²) in [6, 6.07) is 0. The van der Waals surface area contributed by atoms with Gasteiger partial charge < -0.3 is 5.32 Å². The van der Waals surface area contributed by atoms with Gasteiger partial charge in [-0.1, -0.05) is 118 Å². The lowest BCUT2D eigenvalue weighted by molar-refractivity contribution is -0.0914. The molecular weight excluding hydrogens is 458 g/mol. The highest BCUT2D eigenvalue weighted by Gasteiger charge is 2.70. The van der Waals surface area contributed by atoms with Crippen LogP contribution in [-0.2, 0) is 0 Å². The van der Waals surface area contributed by atoms with Gasteiger partial charge in [0.1, 0.15) is 0 Å². The van der Waals surface area contributed by atoms with E-state index >= 15 is 0 Å². The van der Waals surface area contributed by atoms with Gasteiger partial charge in [-0.05, 0) is 110 Å². The van der Waals surface area contributed by atoms with Gasteiger partial charge in [0, 0.05) is 5.41 Å². The van der Waals surface area contributed by atoms with Crippen molar-refractivity contribution in [2.24, 2.45) is 51.8 Å². The Balaban J connectivity index is 0.000000969. The van der Waals surface area contributed by atoms with E-state index in [9.17, 15) is 0 Å². The first-order chi connectivity index (χ1) is 17.7. The maximum absolute atomic E-state index is 4.89. The van der Waals surface area contributed by atoms with Crippen LogP contribution in [0.25, 0.3) is 0 Å². The predicted octanol–water partition coefficient (Wildman–Crippen LogP) is 10.8. The first-order valence-corrected chi connectivity index (χ1v) is 16.1. The maximum atomic E-state index is 4.89. The Hall–Kier alpha value is -1.08. The van der Waals surface area contributed by atoms with Gasteiger partial charge in [0.15, 0.2) is 0 Å². The Morgan fingerprint density at radius 3 is 2.42 bits per heavy atom. The Labute approximate surface area is 239 Å². The molecule has 0 spiro atoms. The van der Waals surface area contributed by atoms with Gasteiger partial charge in [0.2, 0.25) is 0 Å². The van der Waals surface area contributed by atoms with Crippen LogP contribution < -0.4 is 5.32 Å². The van der Waals surface area contributed by atoms with E-state index in [1.807, 2.05) is 27.7 Å². The molecule has 0 aromatic heterocycles. The average molecular weight is 524 g/mol.